The van der Waals surface area contributed by atoms with Crippen LogP contribution >= 0.6 is 0 Å². The molecular weight excluding hydrogens is 254 g/mol. The minimum absolute atomic E-state index is 0.0451. The predicted octanol–water partition coefficient (Wildman–Crippen LogP) is -1.95. The molecule has 0 saturated heterocycles. The van der Waals surface area contributed by atoms with Gasteiger partial charge in [0.1, 0.15) is 0 Å². The van der Waals surface area contributed by atoms with Crippen LogP contribution in [0.2, 0.25) is 0 Å². The lowest BCUT2D eigenvalue weighted by Crippen LogP contribution is -2.20. The van der Waals surface area contributed by atoms with Crippen molar-refractivity contribution in [3.05, 3.63) is 0 Å². The van der Waals surface area contributed by atoms with Gasteiger partial charge in [0.2, 0.25) is 0 Å². The Morgan fingerprint density at radius 3 is 0.895 bits per heavy atom. The van der Waals surface area contributed by atoms with E-state index >= 15 is 0 Å². The molecule has 9 heteroatoms. The van der Waals surface area contributed by atoms with E-state index in [1.54, 1.807) is 27.7 Å². The van der Waals surface area contributed by atoms with Gasteiger partial charge < -0.3 is 35.0 Å². The topological polar surface area (TPSA) is 131 Å². The standard InChI is InChI=1S/2C5H12O2.B2H2O3/c2*1-5(2,3-6)4-7;3-1-5-2-4/h2*6-7H,3-4H2,1-2H3;3-4H. The Kier molecular flexibility index (Phi) is 17.9. The van der Waals surface area contributed by atoms with Gasteiger partial charge in [-0.05, 0) is 0 Å². The molecule has 0 amide bonds. The molecule has 0 spiro atoms. The molecule has 0 atom stereocenters. The summed E-state index contributed by atoms with van der Waals surface area (Å²) >= 11 is 0. The van der Waals surface area contributed by atoms with E-state index in [4.69, 9.17) is 30.5 Å². The van der Waals surface area contributed by atoms with Crippen molar-refractivity contribution in [2.45, 2.75) is 27.7 Å². The van der Waals surface area contributed by atoms with Gasteiger partial charge in [-0.25, -0.2) is 0 Å². The maximum atomic E-state index is 8.43. The zero-order chi connectivity index (χ0) is 15.9. The summed E-state index contributed by atoms with van der Waals surface area (Å²) in [5, 5.41) is 48.8. The Morgan fingerprint density at radius 1 is 0.684 bits per heavy atom. The molecule has 0 aliphatic heterocycles. The van der Waals surface area contributed by atoms with Gasteiger partial charge >= 0.3 is 15.4 Å². The first-order chi connectivity index (χ1) is 8.66. The van der Waals surface area contributed by atoms with Crippen LogP contribution in [-0.2, 0) is 4.57 Å². The van der Waals surface area contributed by atoms with E-state index in [-0.39, 0.29) is 37.3 Å². The van der Waals surface area contributed by atoms with Crippen molar-refractivity contribution in [3.63, 3.8) is 0 Å². The fourth-order valence-electron chi connectivity index (χ4n) is 0.127. The molecule has 6 N–H and O–H groups in total. The third kappa shape index (κ3) is 23.4. The maximum absolute atomic E-state index is 8.43. The van der Waals surface area contributed by atoms with E-state index in [1.165, 1.54) is 0 Å². The van der Waals surface area contributed by atoms with Crippen molar-refractivity contribution in [2.24, 2.45) is 10.8 Å². The summed E-state index contributed by atoms with van der Waals surface area (Å²) in [6.45, 7) is 7.38. The zero-order valence-electron chi connectivity index (χ0n) is 12.1. The molecular formula is C10H26B2O7. The molecule has 7 nitrogen and oxygen atoms in total. The van der Waals surface area contributed by atoms with Crippen LogP contribution in [0, 0.1) is 10.8 Å². The van der Waals surface area contributed by atoms with Crippen LogP contribution in [0.4, 0.5) is 0 Å². The number of aliphatic hydroxyl groups excluding tert-OH is 4. The molecule has 0 rings (SSSR count). The zero-order valence-corrected chi connectivity index (χ0v) is 12.1. The van der Waals surface area contributed by atoms with Crippen LogP contribution in [-0.4, -0.2) is 72.3 Å². The number of rotatable bonds is 6. The second-order valence-corrected chi connectivity index (χ2v) is 5.31. The van der Waals surface area contributed by atoms with Crippen LogP contribution < -0.4 is 0 Å². The lowest BCUT2D eigenvalue weighted by molar-refractivity contribution is 0.0855. The fraction of sp³-hybridized carbons (Fsp3) is 1.00. The molecule has 0 aliphatic rings. The number of aliphatic hydroxyl groups is 4. The largest absolute Gasteiger partial charge is 0.469 e. The lowest BCUT2D eigenvalue weighted by Gasteiger charge is -2.16. The van der Waals surface area contributed by atoms with Crippen LogP contribution in [0.25, 0.3) is 0 Å². The molecule has 2 radical (unpaired) electrons. The molecule has 114 valence electrons. The highest BCUT2D eigenvalue weighted by Gasteiger charge is 2.13. The van der Waals surface area contributed by atoms with E-state index in [9.17, 15) is 0 Å². The summed E-state index contributed by atoms with van der Waals surface area (Å²) < 4.78 is 3.69. The summed E-state index contributed by atoms with van der Waals surface area (Å²) in [6, 6.07) is 0. The molecule has 0 aliphatic carbocycles. The van der Waals surface area contributed by atoms with Crippen LogP contribution in [0.15, 0.2) is 0 Å². The molecule has 0 saturated carbocycles. The Labute approximate surface area is 116 Å². The normalized spacial score (nSPS) is 10.6. The predicted molar refractivity (Wildman–Crippen MR) is 72.9 cm³/mol. The molecule has 0 heterocycles. The Balaban J connectivity index is -0.000000206. The second kappa shape index (κ2) is 14.3. The quantitative estimate of drug-likeness (QED) is 0.312. The van der Waals surface area contributed by atoms with Gasteiger partial charge in [-0.3, -0.25) is 0 Å². The molecule has 0 aromatic heterocycles. The van der Waals surface area contributed by atoms with Gasteiger partial charge in [0.05, 0.1) is 26.4 Å². The highest BCUT2D eigenvalue weighted by atomic mass is 16.5. The molecule has 0 unspecified atom stereocenters. The Bertz CT molecular complexity index is 149. The third-order valence-corrected chi connectivity index (χ3v) is 1.83. The van der Waals surface area contributed by atoms with Crippen molar-refractivity contribution < 1.29 is 35.0 Å². The number of hydrogen-bond acceptors (Lipinski definition) is 7. The molecule has 0 aromatic carbocycles. The highest BCUT2D eigenvalue weighted by Crippen LogP contribution is 2.10. The van der Waals surface area contributed by atoms with Crippen molar-refractivity contribution in [3.8, 4) is 0 Å². The SMILES string of the molecule is CC(C)(CO)CO.CC(C)(CO)CO.O[B]O[B]O. The van der Waals surface area contributed by atoms with Gasteiger partial charge in [-0.15, -0.1) is 0 Å². The van der Waals surface area contributed by atoms with Crippen LogP contribution in [0.1, 0.15) is 27.7 Å². The van der Waals surface area contributed by atoms with E-state index in [2.05, 4.69) is 4.57 Å². The van der Waals surface area contributed by atoms with Gasteiger partial charge in [0, 0.05) is 10.8 Å². The van der Waals surface area contributed by atoms with Crippen molar-refractivity contribution in [1.82, 2.24) is 0 Å². The first kappa shape index (κ1) is 23.9. The average molecular weight is 280 g/mol. The summed E-state index contributed by atoms with van der Waals surface area (Å²) in [4.78, 5) is 0. The first-order valence-corrected chi connectivity index (χ1v) is 5.67. The van der Waals surface area contributed by atoms with Gasteiger partial charge in [-0.1, -0.05) is 27.7 Å². The van der Waals surface area contributed by atoms with Crippen LogP contribution in [0.3, 0.4) is 0 Å². The van der Waals surface area contributed by atoms with Gasteiger partial charge in [-0.2, -0.15) is 0 Å². The molecule has 19 heavy (non-hydrogen) atoms. The molecule has 0 fully saturated rings. The van der Waals surface area contributed by atoms with E-state index in [0.29, 0.717) is 15.4 Å². The third-order valence-electron chi connectivity index (χ3n) is 1.83. The van der Waals surface area contributed by atoms with Crippen molar-refractivity contribution in [1.29, 1.82) is 0 Å². The van der Waals surface area contributed by atoms with E-state index in [0.717, 1.165) is 0 Å². The maximum Gasteiger partial charge on any atom is 0.469 e. The summed E-state index contributed by atoms with van der Waals surface area (Å²) in [7, 11) is 0.750. The minimum Gasteiger partial charge on any atom is -0.456 e. The monoisotopic (exact) mass is 280 g/mol. The van der Waals surface area contributed by atoms with Crippen LogP contribution in [0.5, 0.6) is 0 Å². The smallest absolute Gasteiger partial charge is 0.456 e. The van der Waals surface area contributed by atoms with Gasteiger partial charge in [0.25, 0.3) is 0 Å². The van der Waals surface area contributed by atoms with E-state index < -0.39 is 0 Å². The van der Waals surface area contributed by atoms with Gasteiger partial charge in [0.15, 0.2) is 0 Å². The number of hydrogen-bond donors (Lipinski definition) is 6. The van der Waals surface area contributed by atoms with Crippen molar-refractivity contribution >= 4 is 15.4 Å². The first-order valence-electron chi connectivity index (χ1n) is 5.67. The molecule has 0 bridgehead atoms. The van der Waals surface area contributed by atoms with Crippen molar-refractivity contribution in [2.75, 3.05) is 26.4 Å². The summed E-state index contributed by atoms with van der Waals surface area (Å²) in [6.07, 6.45) is 0. The Morgan fingerprint density at radius 2 is 0.895 bits per heavy atom. The average Bonchev–Trinajstić information content (AvgIpc) is 2.41. The lowest BCUT2D eigenvalue weighted by atomic mass is 9.97. The highest BCUT2D eigenvalue weighted by molar-refractivity contribution is 6.32. The van der Waals surface area contributed by atoms with E-state index in [1.807, 2.05) is 0 Å². The summed E-state index contributed by atoms with van der Waals surface area (Å²) in [5.74, 6) is 0. The second-order valence-electron chi connectivity index (χ2n) is 5.31. The summed E-state index contributed by atoms with van der Waals surface area (Å²) in [5.41, 5.74) is -0.611. The Hall–Kier alpha value is -0.150. The molecule has 0 aromatic rings. The fourth-order valence-corrected chi connectivity index (χ4v) is 0.127. The minimum atomic E-state index is -0.306.